The van der Waals surface area contributed by atoms with Crippen molar-refractivity contribution < 1.29 is 4.52 Å². The number of hydrogen-bond acceptors (Lipinski definition) is 3. The molecule has 2 N–H and O–H groups in total. The molecule has 3 rings (SSSR count). The number of nitrogen functional groups attached to an aromatic ring is 1. The van der Waals surface area contributed by atoms with Crippen molar-refractivity contribution in [2.45, 2.75) is 18.3 Å². The molecule has 1 aromatic heterocycles. The molecule has 1 aliphatic carbocycles. The van der Waals surface area contributed by atoms with E-state index in [-0.39, 0.29) is 5.41 Å². The van der Waals surface area contributed by atoms with Gasteiger partial charge in [0.2, 0.25) is 0 Å². The van der Waals surface area contributed by atoms with E-state index in [2.05, 4.69) is 11.2 Å². The first-order valence-corrected chi connectivity index (χ1v) is 5.09. The summed E-state index contributed by atoms with van der Waals surface area (Å²) in [6, 6.07) is 9.91. The molecule has 1 heterocycles. The molecule has 1 aromatic carbocycles. The lowest BCUT2D eigenvalue weighted by Crippen LogP contribution is -2.10. The Morgan fingerprint density at radius 1 is 1.20 bits per heavy atom. The van der Waals surface area contributed by atoms with Gasteiger partial charge in [-0.2, -0.15) is 0 Å². The van der Waals surface area contributed by atoms with Gasteiger partial charge in [0, 0.05) is 11.8 Å². The van der Waals surface area contributed by atoms with Gasteiger partial charge in [0.1, 0.15) is 5.76 Å². The minimum Gasteiger partial charge on any atom is -0.398 e. The fraction of sp³-hybridized carbons (Fsp3) is 0.250. The van der Waals surface area contributed by atoms with Gasteiger partial charge < -0.3 is 10.3 Å². The first kappa shape index (κ1) is 8.53. The van der Waals surface area contributed by atoms with E-state index in [4.69, 9.17) is 10.3 Å². The number of anilines is 1. The van der Waals surface area contributed by atoms with Gasteiger partial charge in [0.25, 0.3) is 0 Å². The monoisotopic (exact) mass is 200 g/mol. The topological polar surface area (TPSA) is 52.0 Å². The number of benzene rings is 1. The summed E-state index contributed by atoms with van der Waals surface area (Å²) in [6.45, 7) is 0. The van der Waals surface area contributed by atoms with E-state index >= 15 is 0 Å². The highest BCUT2D eigenvalue weighted by atomic mass is 16.5. The predicted octanol–water partition coefficient (Wildman–Crippen LogP) is 2.34. The second-order valence-electron chi connectivity index (χ2n) is 4.05. The van der Waals surface area contributed by atoms with Crippen LogP contribution in [0.25, 0.3) is 0 Å². The molecule has 3 nitrogen and oxygen atoms in total. The van der Waals surface area contributed by atoms with Crippen LogP contribution >= 0.6 is 0 Å². The van der Waals surface area contributed by atoms with Crippen molar-refractivity contribution in [1.82, 2.24) is 5.16 Å². The van der Waals surface area contributed by atoms with E-state index in [1.54, 1.807) is 6.20 Å². The third-order valence-electron chi connectivity index (χ3n) is 3.14. The Morgan fingerprint density at radius 2 is 2.00 bits per heavy atom. The molecule has 0 unspecified atom stereocenters. The van der Waals surface area contributed by atoms with Gasteiger partial charge in [-0.1, -0.05) is 23.4 Å². The summed E-state index contributed by atoms with van der Waals surface area (Å²) in [5.74, 6) is 0.931. The third kappa shape index (κ3) is 1.16. The van der Waals surface area contributed by atoms with Gasteiger partial charge in [0.05, 0.1) is 11.6 Å². The average molecular weight is 200 g/mol. The van der Waals surface area contributed by atoms with Crippen molar-refractivity contribution >= 4 is 5.69 Å². The molecule has 76 valence electrons. The highest BCUT2D eigenvalue weighted by Crippen LogP contribution is 2.54. The highest BCUT2D eigenvalue weighted by Gasteiger charge is 2.49. The molecule has 0 amide bonds. The zero-order valence-electron chi connectivity index (χ0n) is 8.31. The fourth-order valence-electron chi connectivity index (χ4n) is 2.17. The average Bonchev–Trinajstić information content (AvgIpc) is 2.87. The maximum Gasteiger partial charge on any atom is 0.147 e. The maximum absolute atomic E-state index is 5.99. The third-order valence-corrected chi connectivity index (χ3v) is 3.14. The Morgan fingerprint density at radius 3 is 2.60 bits per heavy atom. The van der Waals surface area contributed by atoms with Gasteiger partial charge in [-0.05, 0) is 24.5 Å². The van der Waals surface area contributed by atoms with Crippen LogP contribution in [0.4, 0.5) is 5.69 Å². The van der Waals surface area contributed by atoms with Crippen LogP contribution in [0.2, 0.25) is 0 Å². The van der Waals surface area contributed by atoms with E-state index in [1.807, 2.05) is 24.3 Å². The second-order valence-corrected chi connectivity index (χ2v) is 4.05. The minimum absolute atomic E-state index is 0.00183. The van der Waals surface area contributed by atoms with Crippen LogP contribution in [0.3, 0.4) is 0 Å². The predicted molar refractivity (Wildman–Crippen MR) is 57.4 cm³/mol. The van der Waals surface area contributed by atoms with E-state index in [0.29, 0.717) is 0 Å². The standard InChI is InChI=1S/C12H12N2O/c13-10-4-2-1-3-9(10)12(6-7-12)11-5-8-14-15-11/h1-5,8H,6-7,13H2. The molecule has 3 heteroatoms. The minimum atomic E-state index is 0.00183. The number of aromatic nitrogens is 1. The van der Waals surface area contributed by atoms with E-state index in [0.717, 1.165) is 24.3 Å². The van der Waals surface area contributed by atoms with Crippen LogP contribution in [0, 0.1) is 0 Å². The Bertz CT molecular complexity index is 472. The van der Waals surface area contributed by atoms with Crippen LogP contribution in [0.15, 0.2) is 41.1 Å². The summed E-state index contributed by atoms with van der Waals surface area (Å²) in [5.41, 5.74) is 8.00. The van der Waals surface area contributed by atoms with Crippen LogP contribution in [0.1, 0.15) is 24.2 Å². The van der Waals surface area contributed by atoms with E-state index < -0.39 is 0 Å². The Kier molecular flexibility index (Phi) is 1.63. The smallest absolute Gasteiger partial charge is 0.147 e. The molecular weight excluding hydrogens is 188 g/mol. The molecule has 0 aliphatic heterocycles. The molecule has 1 aliphatic rings. The lowest BCUT2D eigenvalue weighted by Gasteiger charge is -2.14. The van der Waals surface area contributed by atoms with E-state index in [9.17, 15) is 0 Å². The summed E-state index contributed by atoms with van der Waals surface area (Å²) >= 11 is 0. The molecule has 0 bridgehead atoms. The molecule has 2 aromatic rings. The lowest BCUT2D eigenvalue weighted by atomic mass is 9.92. The van der Waals surface area contributed by atoms with Gasteiger partial charge >= 0.3 is 0 Å². The number of hydrogen-bond donors (Lipinski definition) is 1. The number of nitrogens with zero attached hydrogens (tertiary/aromatic N) is 1. The Balaban J connectivity index is 2.12. The summed E-state index contributed by atoms with van der Waals surface area (Å²) < 4.78 is 5.26. The molecule has 0 saturated heterocycles. The van der Waals surface area contributed by atoms with Crippen molar-refractivity contribution in [3.63, 3.8) is 0 Å². The molecule has 1 fully saturated rings. The maximum atomic E-state index is 5.99. The number of nitrogens with two attached hydrogens (primary N) is 1. The van der Waals surface area contributed by atoms with Crippen LogP contribution in [-0.4, -0.2) is 5.16 Å². The van der Waals surface area contributed by atoms with Gasteiger partial charge in [-0.3, -0.25) is 0 Å². The zero-order valence-corrected chi connectivity index (χ0v) is 8.31. The summed E-state index contributed by atoms with van der Waals surface area (Å²) in [6.07, 6.45) is 3.88. The van der Waals surface area contributed by atoms with Crippen molar-refractivity contribution in [2.24, 2.45) is 0 Å². The quantitative estimate of drug-likeness (QED) is 0.757. The van der Waals surface area contributed by atoms with Gasteiger partial charge in [-0.25, -0.2) is 0 Å². The molecule has 0 radical (unpaired) electrons. The largest absolute Gasteiger partial charge is 0.398 e. The van der Waals surface area contributed by atoms with E-state index in [1.165, 1.54) is 5.56 Å². The SMILES string of the molecule is Nc1ccccc1C1(c2ccno2)CC1. The first-order chi connectivity index (χ1) is 7.33. The summed E-state index contributed by atoms with van der Waals surface area (Å²) in [4.78, 5) is 0. The van der Waals surface area contributed by atoms with Crippen LogP contribution in [-0.2, 0) is 5.41 Å². The van der Waals surface area contributed by atoms with Crippen molar-refractivity contribution in [3.8, 4) is 0 Å². The molecule has 15 heavy (non-hydrogen) atoms. The van der Waals surface area contributed by atoms with Gasteiger partial charge in [0.15, 0.2) is 0 Å². The number of para-hydroxylation sites is 1. The first-order valence-electron chi connectivity index (χ1n) is 5.09. The zero-order chi connectivity index (χ0) is 10.3. The molecule has 0 spiro atoms. The Labute approximate surface area is 87.9 Å². The molecule has 0 atom stereocenters. The number of rotatable bonds is 2. The van der Waals surface area contributed by atoms with Crippen LogP contribution in [0.5, 0.6) is 0 Å². The second kappa shape index (κ2) is 2.86. The molecular formula is C12H12N2O. The van der Waals surface area contributed by atoms with Crippen molar-refractivity contribution in [3.05, 3.63) is 47.9 Å². The molecule has 1 saturated carbocycles. The normalized spacial score (nSPS) is 17.6. The van der Waals surface area contributed by atoms with Crippen molar-refractivity contribution in [2.75, 3.05) is 5.73 Å². The summed E-state index contributed by atoms with van der Waals surface area (Å²) in [5, 5.41) is 3.77. The summed E-state index contributed by atoms with van der Waals surface area (Å²) in [7, 11) is 0. The van der Waals surface area contributed by atoms with Crippen LogP contribution < -0.4 is 5.73 Å². The highest BCUT2D eigenvalue weighted by molar-refractivity contribution is 5.56. The Hall–Kier alpha value is -1.77. The van der Waals surface area contributed by atoms with Gasteiger partial charge in [-0.15, -0.1) is 0 Å². The van der Waals surface area contributed by atoms with Crippen molar-refractivity contribution in [1.29, 1.82) is 0 Å². The fourth-order valence-corrected chi connectivity index (χ4v) is 2.17. The lowest BCUT2D eigenvalue weighted by molar-refractivity contribution is 0.366.